The van der Waals surface area contributed by atoms with Crippen LogP contribution in [0.25, 0.3) is 39.1 Å². The number of hydrogen-bond donors (Lipinski definition) is 0. The van der Waals surface area contributed by atoms with Crippen LogP contribution in [0.5, 0.6) is 11.5 Å². The zero-order valence-electron chi connectivity index (χ0n) is 25.4. The van der Waals surface area contributed by atoms with Gasteiger partial charge in [-0.2, -0.15) is 9.78 Å². The maximum absolute atomic E-state index is 13.8. The van der Waals surface area contributed by atoms with Crippen LogP contribution >= 0.6 is 0 Å². The largest absolute Gasteiger partial charge is 0.496 e. The Morgan fingerprint density at radius 2 is 1.72 bits per heavy atom. The molecule has 0 aliphatic heterocycles. The highest BCUT2D eigenvalue weighted by atomic mass is 19.1. The smallest absolute Gasteiger partial charge is 0.282 e. The summed E-state index contributed by atoms with van der Waals surface area (Å²) in [5.74, 6) is 1.72. The van der Waals surface area contributed by atoms with Crippen LogP contribution in [0.2, 0.25) is 0 Å². The summed E-state index contributed by atoms with van der Waals surface area (Å²) in [6.45, 7) is 4.28. The maximum Gasteiger partial charge on any atom is 0.282 e. The molecule has 0 saturated carbocycles. The van der Waals surface area contributed by atoms with Crippen molar-refractivity contribution in [3.8, 4) is 28.8 Å². The Labute approximate surface area is 263 Å². The molecule has 3 heterocycles. The van der Waals surface area contributed by atoms with E-state index in [0.29, 0.717) is 33.7 Å². The van der Waals surface area contributed by atoms with Crippen LogP contribution in [0.4, 0.5) is 4.39 Å². The molecule has 0 spiro atoms. The first-order chi connectivity index (χ1) is 22.4. The topological polar surface area (TPSA) is 83.8 Å². The predicted octanol–water partition coefficient (Wildman–Crippen LogP) is 7.83. The highest BCUT2D eigenvalue weighted by molar-refractivity contribution is 5.89. The molecule has 0 bridgehead atoms. The van der Waals surface area contributed by atoms with Gasteiger partial charge in [-0.25, -0.2) is 9.37 Å². The molecule has 0 fully saturated rings. The molecule has 7 rings (SSSR count). The van der Waals surface area contributed by atoms with E-state index in [2.05, 4.69) is 9.67 Å². The summed E-state index contributed by atoms with van der Waals surface area (Å²) in [7, 11) is 1.60. The summed E-state index contributed by atoms with van der Waals surface area (Å²) in [6, 6.07) is 30.6. The Morgan fingerprint density at radius 1 is 0.913 bits per heavy atom. The van der Waals surface area contributed by atoms with Gasteiger partial charge in [0.1, 0.15) is 29.5 Å². The number of aryl methyl sites for hydroxylation is 1. The third kappa shape index (κ3) is 5.32. The van der Waals surface area contributed by atoms with Crippen molar-refractivity contribution in [2.24, 2.45) is 5.10 Å². The van der Waals surface area contributed by atoms with Crippen LogP contribution in [-0.2, 0) is 6.61 Å². The fraction of sp³-hybridized carbons (Fsp3) is 0.108. The van der Waals surface area contributed by atoms with Crippen molar-refractivity contribution in [1.29, 1.82) is 0 Å². The number of para-hydroxylation sites is 1. The summed E-state index contributed by atoms with van der Waals surface area (Å²) in [5.41, 5.74) is 5.30. The fourth-order valence-electron chi connectivity index (χ4n) is 5.63. The van der Waals surface area contributed by atoms with E-state index in [1.807, 2.05) is 80.6 Å². The number of furan rings is 1. The van der Waals surface area contributed by atoms with Crippen LogP contribution in [0, 0.1) is 19.7 Å². The molecule has 9 heteroatoms. The molecule has 3 aromatic heterocycles. The zero-order chi connectivity index (χ0) is 31.8. The quantitative estimate of drug-likeness (QED) is 0.163. The van der Waals surface area contributed by atoms with E-state index >= 15 is 0 Å². The first-order valence-corrected chi connectivity index (χ1v) is 14.7. The Kier molecular flexibility index (Phi) is 7.42. The minimum absolute atomic E-state index is 0.270. The van der Waals surface area contributed by atoms with Crippen molar-refractivity contribution in [2.45, 2.75) is 20.5 Å². The molecule has 228 valence electrons. The van der Waals surface area contributed by atoms with Gasteiger partial charge in [0.05, 0.1) is 29.6 Å². The standard InChI is InChI=1S/C37H29FN4O4/c1-23-18-26(24(2)41(23)28-14-16-29(17-15-28)45-22-25-8-6-9-27(38)19-25)21-39-42-36(40-32-11-5-4-10-30(32)37(42)43)35-20-31-33(44-3)12-7-13-34(31)46-35/h4-21H,22H2,1-3H3. The summed E-state index contributed by atoms with van der Waals surface area (Å²) < 4.78 is 34.4. The minimum atomic E-state index is -0.313. The van der Waals surface area contributed by atoms with Crippen molar-refractivity contribution in [2.75, 3.05) is 7.11 Å². The van der Waals surface area contributed by atoms with Gasteiger partial charge in [-0.1, -0.05) is 30.3 Å². The van der Waals surface area contributed by atoms with Crippen molar-refractivity contribution in [1.82, 2.24) is 14.2 Å². The maximum atomic E-state index is 13.8. The monoisotopic (exact) mass is 612 g/mol. The number of methoxy groups -OCH3 is 1. The van der Waals surface area contributed by atoms with Gasteiger partial charge >= 0.3 is 0 Å². The summed E-state index contributed by atoms with van der Waals surface area (Å²) in [4.78, 5) is 18.5. The zero-order valence-corrected chi connectivity index (χ0v) is 25.4. The van der Waals surface area contributed by atoms with Gasteiger partial charge in [0, 0.05) is 22.6 Å². The fourth-order valence-corrected chi connectivity index (χ4v) is 5.63. The van der Waals surface area contributed by atoms with Crippen molar-refractivity contribution in [3.63, 3.8) is 0 Å². The third-order valence-corrected chi connectivity index (χ3v) is 7.89. The van der Waals surface area contributed by atoms with E-state index in [-0.39, 0.29) is 23.8 Å². The van der Waals surface area contributed by atoms with E-state index in [0.717, 1.165) is 33.6 Å². The highest BCUT2D eigenvalue weighted by Gasteiger charge is 2.18. The summed E-state index contributed by atoms with van der Waals surface area (Å²) in [6.07, 6.45) is 1.67. The highest BCUT2D eigenvalue weighted by Crippen LogP contribution is 2.33. The van der Waals surface area contributed by atoms with Gasteiger partial charge in [-0.05, 0) is 92.2 Å². The molecule has 7 aromatic rings. The molecular formula is C37H29FN4O4. The number of rotatable bonds is 8. The van der Waals surface area contributed by atoms with Gasteiger partial charge in [0.25, 0.3) is 5.56 Å². The van der Waals surface area contributed by atoms with Crippen LogP contribution in [-0.4, -0.2) is 27.6 Å². The number of ether oxygens (including phenoxy) is 2. The first-order valence-electron chi connectivity index (χ1n) is 14.7. The van der Waals surface area contributed by atoms with E-state index in [9.17, 15) is 9.18 Å². The van der Waals surface area contributed by atoms with Crippen LogP contribution in [0.3, 0.4) is 0 Å². The molecule has 4 aromatic carbocycles. The number of nitrogens with zero attached hydrogens (tertiary/aromatic N) is 4. The molecule has 0 saturated heterocycles. The average molecular weight is 613 g/mol. The second-order valence-electron chi connectivity index (χ2n) is 10.9. The lowest BCUT2D eigenvalue weighted by Crippen LogP contribution is -2.20. The Bertz CT molecular complexity index is 2320. The number of benzene rings is 4. The van der Waals surface area contributed by atoms with E-state index < -0.39 is 0 Å². The second-order valence-corrected chi connectivity index (χ2v) is 10.9. The summed E-state index contributed by atoms with van der Waals surface area (Å²) in [5, 5.41) is 5.88. The Hall–Kier alpha value is -5.96. The molecule has 0 aliphatic rings. The first kappa shape index (κ1) is 28.8. The molecule has 8 nitrogen and oxygen atoms in total. The van der Waals surface area contributed by atoms with Crippen LogP contribution in [0.15, 0.2) is 117 Å². The number of aromatic nitrogens is 3. The molecule has 0 aliphatic carbocycles. The summed E-state index contributed by atoms with van der Waals surface area (Å²) >= 11 is 0. The number of hydrogen-bond acceptors (Lipinski definition) is 6. The number of fused-ring (bicyclic) bond motifs is 2. The van der Waals surface area contributed by atoms with Gasteiger partial charge in [0.15, 0.2) is 5.76 Å². The molecule has 0 N–H and O–H groups in total. The molecule has 46 heavy (non-hydrogen) atoms. The van der Waals surface area contributed by atoms with E-state index in [1.165, 1.54) is 16.8 Å². The lowest BCUT2D eigenvalue weighted by atomic mass is 10.2. The molecular weight excluding hydrogens is 583 g/mol. The molecule has 0 radical (unpaired) electrons. The molecule has 0 atom stereocenters. The lowest BCUT2D eigenvalue weighted by molar-refractivity contribution is 0.305. The second kappa shape index (κ2) is 11.9. The van der Waals surface area contributed by atoms with E-state index in [1.54, 1.807) is 37.6 Å². The number of halogens is 1. The third-order valence-electron chi connectivity index (χ3n) is 7.89. The van der Waals surface area contributed by atoms with Crippen molar-refractivity contribution in [3.05, 3.63) is 142 Å². The molecule has 0 amide bonds. The van der Waals surface area contributed by atoms with Gasteiger partial charge < -0.3 is 18.5 Å². The normalized spacial score (nSPS) is 11.6. The van der Waals surface area contributed by atoms with Crippen LogP contribution < -0.4 is 15.0 Å². The Morgan fingerprint density at radius 3 is 2.52 bits per heavy atom. The van der Waals surface area contributed by atoms with Crippen molar-refractivity contribution < 1.29 is 18.3 Å². The SMILES string of the molecule is COc1cccc2oc(-c3nc4ccccc4c(=O)n3N=Cc3cc(C)n(-c4ccc(OCc5cccc(F)c5)cc4)c3C)cc12. The minimum Gasteiger partial charge on any atom is -0.496 e. The van der Waals surface area contributed by atoms with Crippen molar-refractivity contribution >= 4 is 28.1 Å². The lowest BCUT2D eigenvalue weighted by Gasteiger charge is -2.11. The average Bonchev–Trinajstić information content (AvgIpc) is 3.63. The Balaban J connectivity index is 1.23. The van der Waals surface area contributed by atoms with E-state index in [4.69, 9.17) is 18.9 Å². The van der Waals surface area contributed by atoms with Gasteiger partial charge in [-0.15, -0.1) is 0 Å². The predicted molar refractivity (Wildman–Crippen MR) is 177 cm³/mol. The molecule has 0 unspecified atom stereocenters. The van der Waals surface area contributed by atoms with Gasteiger partial charge in [-0.3, -0.25) is 4.79 Å². The van der Waals surface area contributed by atoms with Crippen LogP contribution in [0.1, 0.15) is 22.5 Å². The van der Waals surface area contributed by atoms with Gasteiger partial charge in [0.2, 0.25) is 5.82 Å².